The molecule has 1 fully saturated rings. The van der Waals surface area contributed by atoms with Crippen molar-refractivity contribution in [3.8, 4) is 5.75 Å². The van der Waals surface area contributed by atoms with Gasteiger partial charge in [-0.3, -0.25) is 0 Å². The van der Waals surface area contributed by atoms with Gasteiger partial charge in [-0.15, -0.1) is 0 Å². The number of hydrogen-bond donors (Lipinski definition) is 1. The van der Waals surface area contributed by atoms with Crippen LogP contribution in [0.15, 0.2) is 54.6 Å². The van der Waals surface area contributed by atoms with E-state index in [1.54, 1.807) is 7.11 Å². The summed E-state index contributed by atoms with van der Waals surface area (Å²) in [5.41, 5.74) is 0.730. The molecule has 1 unspecified atom stereocenters. The minimum atomic E-state index is -1.04. The normalized spacial score (nSPS) is 18.1. The maximum Gasteiger partial charge on any atom is 0.125 e. The topological polar surface area (TPSA) is 32.7 Å². The van der Waals surface area contributed by atoms with Crippen molar-refractivity contribution in [1.82, 2.24) is 4.90 Å². The van der Waals surface area contributed by atoms with E-state index in [1.165, 1.54) is 19.3 Å². The summed E-state index contributed by atoms with van der Waals surface area (Å²) < 4.78 is 5.53. The Labute approximate surface area is 144 Å². The van der Waals surface area contributed by atoms with Crippen LogP contribution in [0.2, 0.25) is 0 Å². The highest BCUT2D eigenvalue weighted by Gasteiger charge is 2.34. The van der Waals surface area contributed by atoms with Crippen LogP contribution in [0.3, 0.4) is 0 Å². The zero-order chi connectivity index (χ0) is 16.8. The van der Waals surface area contributed by atoms with Crippen LogP contribution >= 0.6 is 0 Å². The van der Waals surface area contributed by atoms with E-state index in [0.717, 1.165) is 36.5 Å². The SMILES string of the molecule is COc1ccccc1C(O)(CCN1CCCCC1)c1ccccc1. The molecule has 1 heterocycles. The highest BCUT2D eigenvalue weighted by Crippen LogP contribution is 2.38. The Hall–Kier alpha value is -1.84. The summed E-state index contributed by atoms with van der Waals surface area (Å²) >= 11 is 0. The molecule has 3 heteroatoms. The lowest BCUT2D eigenvalue weighted by molar-refractivity contribution is 0.0523. The Morgan fingerprint density at radius 3 is 2.33 bits per heavy atom. The number of aliphatic hydroxyl groups is 1. The van der Waals surface area contributed by atoms with Gasteiger partial charge in [0.15, 0.2) is 0 Å². The van der Waals surface area contributed by atoms with Crippen molar-refractivity contribution in [3.05, 3.63) is 65.7 Å². The summed E-state index contributed by atoms with van der Waals surface area (Å²) in [6.45, 7) is 3.16. The van der Waals surface area contributed by atoms with E-state index in [0.29, 0.717) is 6.42 Å². The van der Waals surface area contributed by atoms with E-state index in [4.69, 9.17) is 4.74 Å². The Morgan fingerprint density at radius 1 is 0.958 bits per heavy atom. The number of ether oxygens (including phenoxy) is 1. The second-order valence-electron chi connectivity index (χ2n) is 6.58. The van der Waals surface area contributed by atoms with E-state index in [9.17, 15) is 5.11 Å². The summed E-state index contributed by atoms with van der Waals surface area (Å²) in [6, 6.07) is 17.8. The molecule has 2 aromatic rings. The van der Waals surface area contributed by atoms with Crippen LogP contribution in [-0.2, 0) is 5.60 Å². The Kier molecular flexibility index (Phi) is 5.54. The lowest BCUT2D eigenvalue weighted by atomic mass is 9.82. The fourth-order valence-electron chi connectivity index (χ4n) is 3.64. The monoisotopic (exact) mass is 325 g/mol. The van der Waals surface area contributed by atoms with Crippen LogP contribution in [-0.4, -0.2) is 36.8 Å². The minimum Gasteiger partial charge on any atom is -0.496 e. The van der Waals surface area contributed by atoms with Crippen molar-refractivity contribution in [3.63, 3.8) is 0 Å². The molecule has 0 aromatic heterocycles. The van der Waals surface area contributed by atoms with Gasteiger partial charge < -0.3 is 14.7 Å². The van der Waals surface area contributed by atoms with Crippen molar-refractivity contribution in [1.29, 1.82) is 0 Å². The van der Waals surface area contributed by atoms with Gasteiger partial charge in [0.1, 0.15) is 11.4 Å². The smallest absolute Gasteiger partial charge is 0.125 e. The standard InChI is InChI=1S/C21H27NO2/c1-24-20-13-7-6-12-19(20)21(23,18-10-4-2-5-11-18)14-17-22-15-8-3-9-16-22/h2,4-7,10-13,23H,3,8-9,14-17H2,1H3. The molecule has 3 nitrogen and oxygen atoms in total. The number of methoxy groups -OCH3 is 1. The highest BCUT2D eigenvalue weighted by molar-refractivity contribution is 5.44. The van der Waals surface area contributed by atoms with E-state index in [1.807, 2.05) is 54.6 Å². The molecule has 24 heavy (non-hydrogen) atoms. The first-order chi connectivity index (χ1) is 11.7. The Bertz CT molecular complexity index is 637. The molecule has 0 bridgehead atoms. The summed E-state index contributed by atoms with van der Waals surface area (Å²) in [5, 5.41) is 11.7. The molecule has 1 aliphatic heterocycles. The minimum absolute atomic E-state index is 0.664. The van der Waals surface area contributed by atoms with Crippen molar-refractivity contribution in [2.24, 2.45) is 0 Å². The number of piperidine rings is 1. The average molecular weight is 325 g/mol. The molecule has 1 N–H and O–H groups in total. The molecular weight excluding hydrogens is 298 g/mol. The maximum atomic E-state index is 11.7. The molecule has 1 atom stereocenters. The molecule has 2 aromatic carbocycles. The second kappa shape index (κ2) is 7.82. The van der Waals surface area contributed by atoms with Gasteiger partial charge in [-0.1, -0.05) is 55.0 Å². The lowest BCUT2D eigenvalue weighted by Gasteiger charge is -2.34. The van der Waals surface area contributed by atoms with Crippen LogP contribution in [0.25, 0.3) is 0 Å². The quantitative estimate of drug-likeness (QED) is 0.877. The predicted octanol–water partition coefficient (Wildman–Crippen LogP) is 3.81. The van der Waals surface area contributed by atoms with Crippen LogP contribution in [0.4, 0.5) is 0 Å². The van der Waals surface area contributed by atoms with Gasteiger partial charge in [-0.25, -0.2) is 0 Å². The first-order valence-corrected chi connectivity index (χ1v) is 8.88. The fourth-order valence-corrected chi connectivity index (χ4v) is 3.64. The van der Waals surface area contributed by atoms with Crippen molar-refractivity contribution in [2.75, 3.05) is 26.7 Å². The van der Waals surface area contributed by atoms with E-state index in [-0.39, 0.29) is 0 Å². The molecule has 0 spiro atoms. The first kappa shape index (κ1) is 17.0. The number of likely N-dealkylation sites (tertiary alicyclic amines) is 1. The number of nitrogens with zero attached hydrogens (tertiary/aromatic N) is 1. The molecule has 1 saturated heterocycles. The van der Waals surface area contributed by atoms with Gasteiger partial charge in [0.05, 0.1) is 7.11 Å². The molecule has 128 valence electrons. The Morgan fingerprint density at radius 2 is 1.62 bits per heavy atom. The van der Waals surface area contributed by atoms with Gasteiger partial charge >= 0.3 is 0 Å². The first-order valence-electron chi connectivity index (χ1n) is 8.88. The number of rotatable bonds is 6. The van der Waals surface area contributed by atoms with Crippen molar-refractivity contribution >= 4 is 0 Å². The van der Waals surface area contributed by atoms with Crippen molar-refractivity contribution in [2.45, 2.75) is 31.3 Å². The molecule has 0 aliphatic carbocycles. The fraction of sp³-hybridized carbons (Fsp3) is 0.429. The zero-order valence-corrected chi connectivity index (χ0v) is 14.4. The Balaban J connectivity index is 1.91. The predicted molar refractivity (Wildman–Crippen MR) is 97.3 cm³/mol. The summed E-state index contributed by atoms with van der Waals surface area (Å²) in [5.74, 6) is 0.738. The molecule has 0 amide bonds. The average Bonchev–Trinajstić information content (AvgIpc) is 2.67. The number of para-hydroxylation sites is 1. The van der Waals surface area contributed by atoms with Crippen LogP contribution < -0.4 is 4.74 Å². The third kappa shape index (κ3) is 3.63. The lowest BCUT2D eigenvalue weighted by Crippen LogP contribution is -2.37. The van der Waals surface area contributed by atoms with Crippen LogP contribution in [0, 0.1) is 0 Å². The summed E-state index contributed by atoms with van der Waals surface area (Å²) in [4.78, 5) is 2.47. The molecular formula is C21H27NO2. The molecule has 3 rings (SSSR count). The van der Waals surface area contributed by atoms with Gasteiger partial charge in [0.25, 0.3) is 0 Å². The van der Waals surface area contributed by atoms with Gasteiger partial charge in [0.2, 0.25) is 0 Å². The summed E-state index contributed by atoms with van der Waals surface area (Å²) in [7, 11) is 1.66. The third-order valence-electron chi connectivity index (χ3n) is 5.04. The number of benzene rings is 2. The zero-order valence-electron chi connectivity index (χ0n) is 14.4. The van der Waals surface area contributed by atoms with Crippen LogP contribution in [0.1, 0.15) is 36.8 Å². The largest absolute Gasteiger partial charge is 0.496 e. The molecule has 0 saturated carbocycles. The van der Waals surface area contributed by atoms with E-state index in [2.05, 4.69) is 4.90 Å². The van der Waals surface area contributed by atoms with Crippen molar-refractivity contribution < 1.29 is 9.84 Å². The van der Waals surface area contributed by atoms with E-state index < -0.39 is 5.60 Å². The number of hydrogen-bond acceptors (Lipinski definition) is 3. The second-order valence-corrected chi connectivity index (χ2v) is 6.58. The van der Waals surface area contributed by atoms with Gasteiger partial charge in [-0.05, 0) is 44.0 Å². The van der Waals surface area contributed by atoms with Gasteiger partial charge in [-0.2, -0.15) is 0 Å². The van der Waals surface area contributed by atoms with Gasteiger partial charge in [0, 0.05) is 12.1 Å². The highest BCUT2D eigenvalue weighted by atomic mass is 16.5. The third-order valence-corrected chi connectivity index (χ3v) is 5.04. The van der Waals surface area contributed by atoms with E-state index >= 15 is 0 Å². The van der Waals surface area contributed by atoms with Crippen LogP contribution in [0.5, 0.6) is 5.75 Å². The molecule has 0 radical (unpaired) electrons. The summed E-state index contributed by atoms with van der Waals surface area (Å²) in [6.07, 6.45) is 4.51. The molecule has 1 aliphatic rings. The maximum absolute atomic E-state index is 11.7.